The molecule has 0 heterocycles. The zero-order valence-electron chi connectivity index (χ0n) is 7.93. The van der Waals surface area contributed by atoms with E-state index in [1.54, 1.807) is 0 Å². The van der Waals surface area contributed by atoms with E-state index >= 15 is 0 Å². The Labute approximate surface area is 86.1 Å². The molecule has 1 rings (SSSR count). The molecule has 0 saturated carbocycles. The van der Waals surface area contributed by atoms with Crippen LogP contribution in [-0.4, -0.2) is 14.0 Å². The molecule has 0 spiro atoms. The van der Waals surface area contributed by atoms with E-state index in [0.717, 1.165) is 16.0 Å². The van der Waals surface area contributed by atoms with Crippen LogP contribution in [0.2, 0.25) is 0 Å². The Bertz CT molecular complexity index is 306. The molecule has 0 unspecified atom stereocenters. The summed E-state index contributed by atoms with van der Waals surface area (Å²) in [6.45, 7) is 1.96. The van der Waals surface area contributed by atoms with Crippen LogP contribution in [0.1, 0.15) is 19.8 Å². The molecule has 0 aliphatic heterocycles. The van der Waals surface area contributed by atoms with E-state index in [1.807, 2.05) is 19.1 Å². The summed E-state index contributed by atoms with van der Waals surface area (Å²) in [5.74, 6) is 0. The minimum absolute atomic E-state index is 0.606. The number of allylic oxidation sites excluding steroid dienone is 4. The van der Waals surface area contributed by atoms with E-state index in [-0.39, 0.29) is 0 Å². The Hall–Kier alpha value is -0.822. The molecule has 1 aliphatic carbocycles. The van der Waals surface area contributed by atoms with Crippen molar-refractivity contribution in [3.05, 3.63) is 21.7 Å². The summed E-state index contributed by atoms with van der Waals surface area (Å²) < 4.78 is 2.72. The van der Waals surface area contributed by atoms with E-state index in [1.165, 1.54) is 0 Å². The van der Waals surface area contributed by atoms with Gasteiger partial charge in [-0.25, -0.2) is 0 Å². The molecule has 0 N–H and O–H groups in total. The quantitative estimate of drug-likeness (QED) is 0.692. The average molecular weight is 364 g/mol. The van der Waals surface area contributed by atoms with Crippen LogP contribution in [0.4, 0.5) is 0 Å². The first kappa shape index (κ1) is 11.3. The van der Waals surface area contributed by atoms with Crippen molar-refractivity contribution in [3.8, 4) is 0 Å². The summed E-state index contributed by atoms with van der Waals surface area (Å²) in [6, 6.07) is 0. The summed E-state index contributed by atoms with van der Waals surface area (Å²) in [5.41, 5.74) is 1.01. The summed E-state index contributed by atoms with van der Waals surface area (Å²) in [4.78, 5) is 32.7. The third kappa shape index (κ3) is 1.69. The maximum absolute atomic E-state index is 10.9. The molecule has 0 aromatic heterocycles. The third-order valence-corrected chi connectivity index (χ3v) is 10.3. The third-order valence-electron chi connectivity index (χ3n) is 2.27. The SMILES string of the molecule is CCC1=[C]([W]([CH]=O)([CH]=O)[CH]=O)CC=C1. The topological polar surface area (TPSA) is 51.2 Å². The first-order chi connectivity index (χ1) is 6.74. The molecule has 0 fully saturated rings. The van der Waals surface area contributed by atoms with Crippen LogP contribution >= 0.6 is 0 Å². The Balaban J connectivity index is 3.19. The van der Waals surface area contributed by atoms with E-state index in [2.05, 4.69) is 0 Å². The van der Waals surface area contributed by atoms with Gasteiger partial charge >= 0.3 is 85.9 Å². The van der Waals surface area contributed by atoms with E-state index < -0.39 is 16.1 Å². The second-order valence-electron chi connectivity index (χ2n) is 2.96. The second kappa shape index (κ2) is 4.61. The Morgan fingerprint density at radius 1 is 1.29 bits per heavy atom. The monoisotopic (exact) mass is 364 g/mol. The van der Waals surface area contributed by atoms with Gasteiger partial charge in [0.1, 0.15) is 0 Å². The Morgan fingerprint density at radius 3 is 2.29 bits per heavy atom. The Kier molecular flexibility index (Phi) is 3.70. The first-order valence-corrected chi connectivity index (χ1v) is 10.9. The van der Waals surface area contributed by atoms with Gasteiger partial charge in [0.25, 0.3) is 0 Å². The minimum atomic E-state index is -3.87. The average Bonchev–Trinajstić information content (AvgIpc) is 2.70. The molecular weight excluding hydrogens is 352 g/mol. The van der Waals surface area contributed by atoms with E-state index in [4.69, 9.17) is 0 Å². The van der Waals surface area contributed by atoms with Gasteiger partial charge in [-0.05, 0) is 0 Å². The molecule has 0 bridgehead atoms. The number of carbonyl (C=O) groups is 3. The molecule has 0 saturated heterocycles. The molecule has 3 nitrogen and oxygen atoms in total. The standard InChI is InChI=1S/C7H9.3CHO.W/c1-2-7-5-3-4-6-7;3*1-2;/h3,5H,2,4H2,1H3;3*1H;. The van der Waals surface area contributed by atoms with E-state index in [9.17, 15) is 14.4 Å². The fraction of sp³-hybridized carbons (Fsp3) is 0.300. The van der Waals surface area contributed by atoms with Crippen molar-refractivity contribution in [2.45, 2.75) is 19.8 Å². The van der Waals surface area contributed by atoms with Crippen molar-refractivity contribution < 1.29 is 30.4 Å². The molecule has 0 radical (unpaired) electrons. The van der Waals surface area contributed by atoms with Gasteiger partial charge in [-0.3, -0.25) is 0 Å². The molecular formula is C10H12O3W. The number of carbonyl (C=O) groups excluding carboxylic acids is 3. The fourth-order valence-electron chi connectivity index (χ4n) is 1.46. The van der Waals surface area contributed by atoms with Crippen LogP contribution in [0.3, 0.4) is 0 Å². The van der Waals surface area contributed by atoms with Crippen LogP contribution in [0.15, 0.2) is 21.7 Å². The van der Waals surface area contributed by atoms with Gasteiger partial charge in [-0.15, -0.1) is 0 Å². The molecule has 4 heteroatoms. The molecule has 0 amide bonds. The fourth-order valence-corrected chi connectivity index (χ4v) is 6.98. The van der Waals surface area contributed by atoms with Crippen LogP contribution in [0, 0.1) is 0 Å². The van der Waals surface area contributed by atoms with Gasteiger partial charge in [0.2, 0.25) is 0 Å². The number of hydrogen-bond donors (Lipinski definition) is 0. The Morgan fingerprint density at radius 2 is 1.86 bits per heavy atom. The summed E-state index contributed by atoms with van der Waals surface area (Å²) in [7, 11) is 0. The van der Waals surface area contributed by atoms with Gasteiger partial charge in [0.15, 0.2) is 0 Å². The predicted molar refractivity (Wildman–Crippen MR) is 51.3 cm³/mol. The zero-order chi connectivity index (χ0) is 10.6. The van der Waals surface area contributed by atoms with Crippen molar-refractivity contribution in [2.24, 2.45) is 0 Å². The summed E-state index contributed by atoms with van der Waals surface area (Å²) in [5, 5.41) is 0. The molecule has 0 aromatic carbocycles. The predicted octanol–water partition coefficient (Wildman–Crippen LogP) is 1.33. The van der Waals surface area contributed by atoms with Gasteiger partial charge in [0.05, 0.1) is 0 Å². The normalized spacial score (nSPS) is 16.9. The summed E-state index contributed by atoms with van der Waals surface area (Å²) >= 11 is -3.87. The number of hydrogen-bond acceptors (Lipinski definition) is 3. The second-order valence-corrected chi connectivity index (χ2v) is 12.3. The zero-order valence-corrected chi connectivity index (χ0v) is 10.9. The van der Waals surface area contributed by atoms with Crippen molar-refractivity contribution in [1.29, 1.82) is 0 Å². The van der Waals surface area contributed by atoms with Crippen molar-refractivity contribution in [2.75, 3.05) is 0 Å². The maximum atomic E-state index is 10.9. The number of rotatable bonds is 5. The van der Waals surface area contributed by atoms with Gasteiger partial charge in [-0.2, -0.15) is 0 Å². The molecule has 0 atom stereocenters. The van der Waals surface area contributed by atoms with Gasteiger partial charge in [-0.1, -0.05) is 0 Å². The molecule has 1 aliphatic rings. The van der Waals surface area contributed by atoms with Gasteiger partial charge in [0, 0.05) is 0 Å². The van der Waals surface area contributed by atoms with E-state index in [0.29, 0.717) is 20.4 Å². The molecule has 0 aromatic rings. The molecule has 14 heavy (non-hydrogen) atoms. The van der Waals surface area contributed by atoms with Crippen LogP contribution < -0.4 is 0 Å². The van der Waals surface area contributed by atoms with Crippen LogP contribution in [0.25, 0.3) is 0 Å². The van der Waals surface area contributed by atoms with Crippen molar-refractivity contribution in [1.82, 2.24) is 0 Å². The first-order valence-electron chi connectivity index (χ1n) is 4.31. The van der Waals surface area contributed by atoms with Crippen molar-refractivity contribution in [3.63, 3.8) is 0 Å². The van der Waals surface area contributed by atoms with Crippen molar-refractivity contribution >= 4 is 14.0 Å². The summed E-state index contributed by atoms with van der Waals surface area (Å²) in [6.07, 6.45) is 5.21. The van der Waals surface area contributed by atoms with Crippen LogP contribution in [0.5, 0.6) is 0 Å². The molecule has 76 valence electrons. The van der Waals surface area contributed by atoms with Crippen LogP contribution in [-0.2, 0) is 30.4 Å². The van der Waals surface area contributed by atoms with Gasteiger partial charge < -0.3 is 0 Å².